The van der Waals surface area contributed by atoms with Gasteiger partial charge in [0.25, 0.3) is 0 Å². The van der Waals surface area contributed by atoms with Gasteiger partial charge in [-0.1, -0.05) is 42.5 Å². The van der Waals surface area contributed by atoms with Crippen molar-refractivity contribution in [1.29, 1.82) is 0 Å². The van der Waals surface area contributed by atoms with Crippen molar-refractivity contribution < 1.29 is 4.79 Å². The van der Waals surface area contributed by atoms with Crippen molar-refractivity contribution in [2.45, 2.75) is 6.92 Å². The normalized spacial score (nSPS) is 11.7. The lowest BCUT2D eigenvalue weighted by Gasteiger charge is -2.05. The van der Waals surface area contributed by atoms with E-state index in [-0.39, 0.29) is 0 Å². The van der Waals surface area contributed by atoms with Crippen LogP contribution in [0.3, 0.4) is 0 Å². The lowest BCUT2D eigenvalue weighted by molar-refractivity contribution is -0.104. The Morgan fingerprint density at radius 2 is 1.80 bits per heavy atom. The van der Waals surface area contributed by atoms with Gasteiger partial charge in [-0.05, 0) is 34.9 Å². The Morgan fingerprint density at radius 3 is 2.60 bits per heavy atom. The number of benzene rings is 2. The van der Waals surface area contributed by atoms with Gasteiger partial charge in [0.2, 0.25) is 0 Å². The van der Waals surface area contributed by atoms with Gasteiger partial charge in [-0.3, -0.25) is 4.79 Å². The highest BCUT2D eigenvalue weighted by Gasteiger charge is 2.00. The highest BCUT2D eigenvalue weighted by atomic mass is 16.1. The minimum Gasteiger partial charge on any atom is -0.299 e. The molecule has 2 aromatic carbocycles. The average molecular weight is 196 g/mol. The molecule has 0 aromatic heterocycles. The van der Waals surface area contributed by atoms with Gasteiger partial charge in [-0.25, -0.2) is 0 Å². The molecule has 1 nitrogen and oxygen atoms in total. The first-order valence-corrected chi connectivity index (χ1v) is 4.93. The van der Waals surface area contributed by atoms with E-state index in [1.165, 1.54) is 10.8 Å². The van der Waals surface area contributed by atoms with Gasteiger partial charge in [-0.2, -0.15) is 0 Å². The summed E-state index contributed by atoms with van der Waals surface area (Å²) in [6, 6.07) is 14.3. The Morgan fingerprint density at radius 1 is 1.07 bits per heavy atom. The number of rotatable bonds is 2. The van der Waals surface area contributed by atoms with Crippen LogP contribution in [0.25, 0.3) is 16.3 Å². The number of aldehydes is 1. The monoisotopic (exact) mass is 196 g/mol. The maximum absolute atomic E-state index is 10.4. The molecule has 0 bridgehead atoms. The number of carbonyl (C=O) groups excluding carboxylic acids is 1. The maximum atomic E-state index is 10.4. The van der Waals surface area contributed by atoms with Gasteiger partial charge >= 0.3 is 0 Å². The van der Waals surface area contributed by atoms with E-state index in [1.54, 1.807) is 6.08 Å². The highest BCUT2D eigenvalue weighted by Crippen LogP contribution is 2.24. The molecule has 0 aliphatic rings. The first-order valence-electron chi connectivity index (χ1n) is 4.93. The van der Waals surface area contributed by atoms with Crippen LogP contribution in [0, 0.1) is 0 Å². The molecule has 0 aliphatic carbocycles. The third kappa shape index (κ3) is 1.82. The topological polar surface area (TPSA) is 17.1 Å². The summed E-state index contributed by atoms with van der Waals surface area (Å²) in [7, 11) is 0. The molecular weight excluding hydrogens is 184 g/mol. The van der Waals surface area contributed by atoms with Crippen molar-refractivity contribution in [3.8, 4) is 0 Å². The van der Waals surface area contributed by atoms with Crippen LogP contribution >= 0.6 is 0 Å². The number of carbonyl (C=O) groups is 1. The molecule has 0 radical (unpaired) electrons. The first kappa shape index (κ1) is 9.66. The summed E-state index contributed by atoms with van der Waals surface area (Å²) >= 11 is 0. The van der Waals surface area contributed by atoms with E-state index in [2.05, 4.69) is 18.2 Å². The Kier molecular flexibility index (Phi) is 2.64. The van der Waals surface area contributed by atoms with E-state index in [4.69, 9.17) is 0 Å². The van der Waals surface area contributed by atoms with Crippen molar-refractivity contribution in [3.05, 3.63) is 54.1 Å². The SMILES string of the molecule is C/C(=C/C=O)c1cccc2ccccc12. The fourth-order valence-electron chi connectivity index (χ4n) is 1.76. The molecule has 0 saturated carbocycles. The molecule has 15 heavy (non-hydrogen) atoms. The third-order valence-electron chi connectivity index (χ3n) is 2.53. The van der Waals surface area contributed by atoms with Crippen LogP contribution in [-0.4, -0.2) is 6.29 Å². The molecule has 2 rings (SSSR count). The Balaban J connectivity index is 2.71. The van der Waals surface area contributed by atoms with Crippen molar-refractivity contribution in [1.82, 2.24) is 0 Å². The van der Waals surface area contributed by atoms with Crippen LogP contribution in [0.2, 0.25) is 0 Å². The predicted octanol–water partition coefficient (Wildman–Crippen LogP) is 3.44. The Hall–Kier alpha value is -1.89. The summed E-state index contributed by atoms with van der Waals surface area (Å²) in [4.78, 5) is 10.4. The summed E-state index contributed by atoms with van der Waals surface area (Å²) in [5.41, 5.74) is 2.13. The van der Waals surface area contributed by atoms with Gasteiger partial charge in [0.15, 0.2) is 0 Å². The second-order valence-electron chi connectivity index (χ2n) is 3.51. The molecule has 2 aromatic rings. The van der Waals surface area contributed by atoms with Crippen LogP contribution in [-0.2, 0) is 4.79 Å². The summed E-state index contributed by atoms with van der Waals surface area (Å²) < 4.78 is 0. The summed E-state index contributed by atoms with van der Waals surface area (Å²) in [5, 5.41) is 2.39. The zero-order chi connectivity index (χ0) is 10.7. The smallest absolute Gasteiger partial charge is 0.143 e. The molecule has 0 heterocycles. The molecule has 0 fully saturated rings. The maximum Gasteiger partial charge on any atom is 0.143 e. The van der Waals surface area contributed by atoms with E-state index < -0.39 is 0 Å². The molecule has 0 saturated heterocycles. The van der Waals surface area contributed by atoms with Crippen LogP contribution in [0.1, 0.15) is 12.5 Å². The van der Waals surface area contributed by atoms with Gasteiger partial charge in [-0.15, -0.1) is 0 Å². The standard InChI is InChI=1S/C14H12O/c1-11(9-10-15)13-8-4-6-12-5-2-3-7-14(12)13/h2-10H,1H3/b11-9-. The average Bonchev–Trinajstić information content (AvgIpc) is 2.28. The molecule has 0 aliphatic heterocycles. The Bertz CT molecular complexity index is 518. The van der Waals surface area contributed by atoms with Crippen molar-refractivity contribution in [3.63, 3.8) is 0 Å². The van der Waals surface area contributed by atoms with Crippen LogP contribution < -0.4 is 0 Å². The zero-order valence-electron chi connectivity index (χ0n) is 8.60. The summed E-state index contributed by atoms with van der Waals surface area (Å²) in [5.74, 6) is 0. The molecule has 0 unspecified atom stereocenters. The molecular formula is C14H12O. The van der Waals surface area contributed by atoms with E-state index in [0.29, 0.717) is 0 Å². The minimum atomic E-state index is 0.830. The van der Waals surface area contributed by atoms with Crippen LogP contribution in [0.5, 0.6) is 0 Å². The van der Waals surface area contributed by atoms with Crippen molar-refractivity contribution >= 4 is 22.6 Å². The summed E-state index contributed by atoms with van der Waals surface area (Å²) in [6.45, 7) is 1.95. The van der Waals surface area contributed by atoms with E-state index in [1.807, 2.05) is 31.2 Å². The third-order valence-corrected chi connectivity index (χ3v) is 2.53. The van der Waals surface area contributed by atoms with Gasteiger partial charge in [0, 0.05) is 0 Å². The molecule has 74 valence electrons. The highest BCUT2D eigenvalue weighted by molar-refractivity contribution is 5.95. The molecule has 1 heteroatoms. The van der Waals surface area contributed by atoms with Gasteiger partial charge in [0.05, 0.1) is 0 Å². The second kappa shape index (κ2) is 4.09. The summed E-state index contributed by atoms with van der Waals surface area (Å²) in [6.07, 6.45) is 2.43. The molecule has 0 spiro atoms. The van der Waals surface area contributed by atoms with Gasteiger partial charge < -0.3 is 0 Å². The Labute approximate surface area is 89.0 Å². The fourth-order valence-corrected chi connectivity index (χ4v) is 1.76. The largest absolute Gasteiger partial charge is 0.299 e. The number of hydrogen-bond donors (Lipinski definition) is 0. The first-order chi connectivity index (χ1) is 7.33. The van der Waals surface area contributed by atoms with Crippen molar-refractivity contribution in [2.24, 2.45) is 0 Å². The van der Waals surface area contributed by atoms with Crippen LogP contribution in [0.4, 0.5) is 0 Å². The van der Waals surface area contributed by atoms with Gasteiger partial charge in [0.1, 0.15) is 6.29 Å². The molecule has 0 N–H and O–H groups in total. The predicted molar refractivity (Wildman–Crippen MR) is 63.7 cm³/mol. The molecule has 0 amide bonds. The van der Waals surface area contributed by atoms with Crippen LogP contribution in [0.15, 0.2) is 48.5 Å². The lowest BCUT2D eigenvalue weighted by Crippen LogP contribution is -1.83. The quantitative estimate of drug-likeness (QED) is 0.531. The van der Waals surface area contributed by atoms with E-state index >= 15 is 0 Å². The van der Waals surface area contributed by atoms with E-state index in [9.17, 15) is 4.79 Å². The minimum absolute atomic E-state index is 0.830. The number of fused-ring (bicyclic) bond motifs is 1. The zero-order valence-corrected chi connectivity index (χ0v) is 8.60. The fraction of sp³-hybridized carbons (Fsp3) is 0.0714. The van der Waals surface area contributed by atoms with Crippen molar-refractivity contribution in [2.75, 3.05) is 0 Å². The van der Waals surface area contributed by atoms with E-state index in [0.717, 1.165) is 17.4 Å². The lowest BCUT2D eigenvalue weighted by atomic mass is 9.99. The molecule has 0 atom stereocenters. The second-order valence-corrected chi connectivity index (χ2v) is 3.51. The number of allylic oxidation sites excluding steroid dienone is 2. The number of hydrogen-bond acceptors (Lipinski definition) is 1.